The van der Waals surface area contributed by atoms with Crippen molar-refractivity contribution in [3.05, 3.63) is 0 Å². The smallest absolute Gasteiger partial charge is 0.330 e. The number of nitrogens with zero attached hydrogens (tertiary/aromatic N) is 2. The van der Waals surface area contributed by atoms with Crippen LogP contribution in [0, 0.1) is 0 Å². The maximum absolute atomic E-state index is 13.9. The van der Waals surface area contributed by atoms with E-state index in [1.54, 1.807) is 0 Å². The van der Waals surface area contributed by atoms with E-state index >= 15 is 0 Å². The van der Waals surface area contributed by atoms with Gasteiger partial charge in [0.1, 0.15) is 0 Å². The van der Waals surface area contributed by atoms with Gasteiger partial charge in [0.05, 0.1) is 38.8 Å². The largest absolute Gasteiger partial charge is 0.331 e. The Morgan fingerprint density at radius 2 is 0.589 bits per heavy atom. The molecular formula is C36H88Cl6N6O6P2. The fourth-order valence-electron chi connectivity index (χ4n) is 5.57. The van der Waals surface area contributed by atoms with Crippen LogP contribution < -0.4 is 22.9 Å². The summed E-state index contributed by atoms with van der Waals surface area (Å²) in [5, 5.41) is 0. The predicted octanol–water partition coefficient (Wildman–Crippen LogP) is 9.47. The summed E-state index contributed by atoms with van der Waals surface area (Å²) in [5.41, 5.74) is 23.0. The number of hydrogen-bond donors (Lipinski definition) is 4. The Morgan fingerprint density at radius 3 is 0.839 bits per heavy atom. The molecule has 0 saturated carbocycles. The third kappa shape index (κ3) is 45.3. The molecule has 0 heterocycles. The molecule has 0 fully saturated rings. The summed E-state index contributed by atoms with van der Waals surface area (Å²) in [6.45, 7) is 12.9. The van der Waals surface area contributed by atoms with Crippen LogP contribution in [0.5, 0.6) is 0 Å². The fraction of sp³-hybridized carbons (Fsp3) is 1.00. The van der Waals surface area contributed by atoms with E-state index in [-0.39, 0.29) is 87.7 Å². The number of unbranched alkanes of at least 4 members (excludes halogenated alkanes) is 11. The van der Waals surface area contributed by atoms with Gasteiger partial charge in [-0.3, -0.25) is 9.13 Å². The Labute approximate surface area is 381 Å². The number of halogens is 6. The third-order valence-corrected chi connectivity index (χ3v) is 12.6. The van der Waals surface area contributed by atoms with Crippen molar-refractivity contribution in [2.45, 2.75) is 129 Å². The molecule has 8 N–H and O–H groups in total. The molecule has 0 rings (SSSR count). The van der Waals surface area contributed by atoms with Crippen molar-refractivity contribution in [2.75, 3.05) is 104 Å². The average molecular weight is 976 g/mol. The monoisotopic (exact) mass is 972 g/mol. The molecule has 0 aliphatic heterocycles. The van der Waals surface area contributed by atoms with Crippen LogP contribution in [0.4, 0.5) is 0 Å². The zero-order chi connectivity index (χ0) is 37.0. The van der Waals surface area contributed by atoms with Crippen molar-refractivity contribution in [1.82, 2.24) is 9.80 Å². The lowest BCUT2D eigenvalue weighted by Gasteiger charge is -2.25. The summed E-state index contributed by atoms with van der Waals surface area (Å²) < 4.78 is 51.8. The van der Waals surface area contributed by atoms with Gasteiger partial charge in [-0.15, -0.1) is 74.4 Å². The fourth-order valence-corrected chi connectivity index (χ4v) is 8.92. The summed E-state index contributed by atoms with van der Waals surface area (Å²) in [5.74, 6) is 0. The minimum Gasteiger partial charge on any atom is -0.330 e. The topological polar surface area (TPSA) is 182 Å². The molecule has 0 aliphatic carbocycles. The Kier molecular flexibility index (Phi) is 68.3. The van der Waals surface area contributed by atoms with E-state index < -0.39 is 15.2 Å². The molecule has 2 unspecified atom stereocenters. The Balaban J connectivity index is -0.000000800. The Hall–Kier alpha value is 1.80. The second kappa shape index (κ2) is 52.9. The predicted molar refractivity (Wildman–Crippen MR) is 256 cm³/mol. The molecular weight excluding hydrogens is 887 g/mol. The highest BCUT2D eigenvalue weighted by Gasteiger charge is 2.27. The standard InChI is InChI=1S/C36H82N6O6P2.6ClH/c1-3-5-7-9-11-13-31-45-49(43,35-29-41(25-17-21-37)26-18-22-38)47-33-15-16-34-48-50(44,46-32-14-12-10-8-6-4-2)36-30-42(27-19-23-39)28-20-24-40;;;;;;/h3-40H2,1-2H3;6*1H. The molecule has 0 amide bonds. The minimum atomic E-state index is -3.30. The quantitative estimate of drug-likeness (QED) is 0.0337. The molecule has 2 atom stereocenters. The first-order chi connectivity index (χ1) is 24.3. The van der Waals surface area contributed by atoms with E-state index in [1.165, 1.54) is 51.4 Å². The zero-order valence-corrected chi connectivity index (χ0v) is 41.7. The molecule has 56 heavy (non-hydrogen) atoms. The average Bonchev–Trinajstić information content (AvgIpc) is 3.11. The number of rotatable bonds is 41. The first kappa shape index (κ1) is 72.3. The van der Waals surface area contributed by atoms with E-state index in [1.807, 2.05) is 0 Å². The maximum atomic E-state index is 13.9. The molecule has 0 radical (unpaired) electrons. The summed E-state index contributed by atoms with van der Waals surface area (Å²) in [6.07, 6.45) is 19.0. The van der Waals surface area contributed by atoms with Gasteiger partial charge in [0.25, 0.3) is 0 Å². The van der Waals surface area contributed by atoms with Crippen LogP contribution in [-0.4, -0.2) is 114 Å². The Bertz CT molecular complexity index is 767. The van der Waals surface area contributed by atoms with Gasteiger partial charge in [-0.2, -0.15) is 0 Å². The molecule has 0 aromatic carbocycles. The van der Waals surface area contributed by atoms with Gasteiger partial charge in [0.2, 0.25) is 0 Å². The first-order valence-corrected chi connectivity index (χ1v) is 23.8. The molecule has 12 nitrogen and oxygen atoms in total. The summed E-state index contributed by atoms with van der Waals surface area (Å²) in [7, 11) is -6.59. The van der Waals surface area contributed by atoms with Gasteiger partial charge in [0.15, 0.2) is 0 Å². The van der Waals surface area contributed by atoms with Crippen LogP contribution in [0.2, 0.25) is 0 Å². The number of hydrogen-bond acceptors (Lipinski definition) is 12. The lowest BCUT2D eigenvalue weighted by Crippen LogP contribution is -2.31. The second-order valence-corrected chi connectivity index (χ2v) is 17.9. The van der Waals surface area contributed by atoms with E-state index in [0.29, 0.717) is 77.6 Å². The first-order valence-electron chi connectivity index (χ1n) is 20.3. The van der Waals surface area contributed by atoms with Crippen LogP contribution in [0.25, 0.3) is 0 Å². The minimum absolute atomic E-state index is 0. The molecule has 0 spiro atoms. The van der Waals surface area contributed by atoms with E-state index in [9.17, 15) is 9.13 Å². The molecule has 350 valence electrons. The van der Waals surface area contributed by atoms with E-state index in [4.69, 9.17) is 41.0 Å². The van der Waals surface area contributed by atoms with Gasteiger partial charge in [-0.25, -0.2) is 0 Å². The Morgan fingerprint density at radius 1 is 0.357 bits per heavy atom. The summed E-state index contributed by atoms with van der Waals surface area (Å²) >= 11 is 0. The van der Waals surface area contributed by atoms with Gasteiger partial charge in [-0.05, 0) is 104 Å². The molecule has 0 aromatic rings. The molecule has 0 bridgehead atoms. The van der Waals surface area contributed by atoms with Gasteiger partial charge < -0.3 is 50.8 Å². The van der Waals surface area contributed by atoms with Crippen LogP contribution in [0.15, 0.2) is 0 Å². The van der Waals surface area contributed by atoms with Crippen molar-refractivity contribution in [3.8, 4) is 0 Å². The SMILES string of the molecule is CCCCCCCCOP(=O)(CCN(CCCN)CCCN)OCCCCOP(=O)(CCN(CCCN)CCCN)OCCCCCCCC.Cl.Cl.Cl.Cl.Cl.Cl. The van der Waals surface area contributed by atoms with Crippen molar-refractivity contribution >= 4 is 89.6 Å². The maximum Gasteiger partial charge on any atom is 0.331 e. The molecule has 0 aliphatic rings. The summed E-state index contributed by atoms with van der Waals surface area (Å²) in [4.78, 5) is 4.52. The molecule has 0 aromatic heterocycles. The summed E-state index contributed by atoms with van der Waals surface area (Å²) in [6, 6.07) is 0. The van der Waals surface area contributed by atoms with Gasteiger partial charge in [0, 0.05) is 13.1 Å². The highest BCUT2D eigenvalue weighted by atomic mass is 35.5. The van der Waals surface area contributed by atoms with Crippen molar-refractivity contribution in [2.24, 2.45) is 22.9 Å². The lowest BCUT2D eigenvalue weighted by molar-refractivity contribution is 0.175. The van der Waals surface area contributed by atoms with Crippen LogP contribution >= 0.6 is 89.6 Å². The van der Waals surface area contributed by atoms with E-state index in [2.05, 4.69) is 23.6 Å². The molecule has 0 saturated heterocycles. The zero-order valence-electron chi connectivity index (χ0n) is 35.0. The van der Waals surface area contributed by atoms with Crippen molar-refractivity contribution in [3.63, 3.8) is 0 Å². The normalized spacial score (nSPS) is 12.9. The van der Waals surface area contributed by atoms with Crippen molar-refractivity contribution < 1.29 is 27.2 Å². The highest BCUT2D eigenvalue weighted by Crippen LogP contribution is 2.49. The second-order valence-electron chi connectivity index (χ2n) is 13.5. The van der Waals surface area contributed by atoms with Gasteiger partial charge in [-0.1, -0.05) is 78.1 Å². The van der Waals surface area contributed by atoms with Crippen LogP contribution in [0.3, 0.4) is 0 Å². The molecule has 20 heteroatoms. The van der Waals surface area contributed by atoms with E-state index in [0.717, 1.165) is 77.5 Å². The lowest BCUT2D eigenvalue weighted by atomic mass is 10.1. The van der Waals surface area contributed by atoms with Crippen LogP contribution in [0.1, 0.15) is 129 Å². The van der Waals surface area contributed by atoms with Crippen LogP contribution in [-0.2, 0) is 27.2 Å². The van der Waals surface area contributed by atoms with Gasteiger partial charge >= 0.3 is 15.2 Å². The number of nitrogens with two attached hydrogens (primary N) is 4. The van der Waals surface area contributed by atoms with Crippen molar-refractivity contribution in [1.29, 1.82) is 0 Å². The third-order valence-electron chi connectivity index (χ3n) is 8.78. The highest BCUT2D eigenvalue weighted by molar-refractivity contribution is 7.54.